The Morgan fingerprint density at radius 3 is 2.45 bits per heavy atom. The molecule has 2 N–H and O–H groups in total. The van der Waals surface area contributed by atoms with Crippen molar-refractivity contribution >= 4 is 11.9 Å². The smallest absolute Gasteiger partial charge is 0.335 e. The highest BCUT2D eigenvalue weighted by Crippen LogP contribution is 2.12. The van der Waals surface area contributed by atoms with E-state index in [0.717, 1.165) is 22.6 Å². The molecule has 0 aliphatic carbocycles. The van der Waals surface area contributed by atoms with Crippen molar-refractivity contribution in [2.75, 3.05) is 6.54 Å². The van der Waals surface area contributed by atoms with Crippen LogP contribution in [0.4, 0.5) is 0 Å². The number of aromatic nitrogens is 1. The molecule has 22 heavy (non-hydrogen) atoms. The lowest BCUT2D eigenvalue weighted by molar-refractivity contribution is -0.120. The number of carboxylic acids is 1. The fraction of sp³-hybridized carbons (Fsp3) is 0.312. The standard InChI is InChI=1S/C16H18N2O4/c1-10-14(11(2)22-18-10)7-8-17-15(19)9-12-3-5-13(6-4-12)16(20)21/h3-6H,7-9H2,1-2H3,(H,17,19)(H,20,21). The summed E-state index contributed by atoms with van der Waals surface area (Å²) < 4.78 is 5.07. The zero-order chi connectivity index (χ0) is 16.1. The highest BCUT2D eigenvalue weighted by molar-refractivity contribution is 5.87. The van der Waals surface area contributed by atoms with Gasteiger partial charge in [0.05, 0.1) is 17.7 Å². The summed E-state index contributed by atoms with van der Waals surface area (Å²) >= 11 is 0. The Morgan fingerprint density at radius 2 is 1.91 bits per heavy atom. The van der Waals surface area contributed by atoms with E-state index in [4.69, 9.17) is 9.63 Å². The van der Waals surface area contributed by atoms with Crippen LogP contribution < -0.4 is 5.32 Å². The van der Waals surface area contributed by atoms with E-state index in [1.54, 1.807) is 12.1 Å². The molecule has 6 nitrogen and oxygen atoms in total. The van der Waals surface area contributed by atoms with Gasteiger partial charge in [0, 0.05) is 12.1 Å². The first kappa shape index (κ1) is 15.8. The van der Waals surface area contributed by atoms with E-state index >= 15 is 0 Å². The van der Waals surface area contributed by atoms with Crippen LogP contribution in [0.3, 0.4) is 0 Å². The van der Waals surface area contributed by atoms with Gasteiger partial charge in [-0.1, -0.05) is 17.3 Å². The second kappa shape index (κ2) is 6.89. The summed E-state index contributed by atoms with van der Waals surface area (Å²) in [5.74, 6) is -0.304. The number of carboxylic acid groups (broad SMARTS) is 1. The maximum atomic E-state index is 11.9. The van der Waals surface area contributed by atoms with Gasteiger partial charge in [-0.15, -0.1) is 0 Å². The summed E-state index contributed by atoms with van der Waals surface area (Å²) in [4.78, 5) is 22.6. The number of carbonyl (C=O) groups is 2. The van der Waals surface area contributed by atoms with Crippen molar-refractivity contribution in [1.29, 1.82) is 0 Å². The number of benzene rings is 1. The first-order chi connectivity index (χ1) is 10.5. The van der Waals surface area contributed by atoms with Crippen molar-refractivity contribution in [2.24, 2.45) is 0 Å². The minimum atomic E-state index is -0.976. The van der Waals surface area contributed by atoms with E-state index in [-0.39, 0.29) is 17.9 Å². The molecule has 0 bridgehead atoms. The summed E-state index contributed by atoms with van der Waals surface area (Å²) in [6.07, 6.45) is 0.895. The molecular formula is C16H18N2O4. The molecule has 2 aromatic rings. The van der Waals surface area contributed by atoms with Gasteiger partial charge in [0.25, 0.3) is 0 Å². The minimum Gasteiger partial charge on any atom is -0.478 e. The lowest BCUT2D eigenvalue weighted by Gasteiger charge is -2.05. The molecule has 1 heterocycles. The fourth-order valence-electron chi connectivity index (χ4n) is 2.20. The quantitative estimate of drug-likeness (QED) is 0.850. The van der Waals surface area contributed by atoms with Crippen molar-refractivity contribution in [2.45, 2.75) is 26.7 Å². The van der Waals surface area contributed by atoms with Gasteiger partial charge in [0.2, 0.25) is 5.91 Å². The Kier molecular flexibility index (Phi) is 4.93. The molecule has 0 fully saturated rings. The number of nitrogens with one attached hydrogen (secondary N) is 1. The average molecular weight is 302 g/mol. The third-order valence-corrected chi connectivity index (χ3v) is 3.44. The fourth-order valence-corrected chi connectivity index (χ4v) is 2.20. The number of amides is 1. The van der Waals surface area contributed by atoms with E-state index in [1.807, 2.05) is 13.8 Å². The second-order valence-corrected chi connectivity index (χ2v) is 5.08. The van der Waals surface area contributed by atoms with Crippen LogP contribution in [0.25, 0.3) is 0 Å². The highest BCUT2D eigenvalue weighted by Gasteiger charge is 2.10. The maximum Gasteiger partial charge on any atom is 0.335 e. The molecule has 0 unspecified atom stereocenters. The Hall–Kier alpha value is -2.63. The second-order valence-electron chi connectivity index (χ2n) is 5.08. The van der Waals surface area contributed by atoms with Gasteiger partial charge in [-0.05, 0) is 38.0 Å². The Labute approximate surface area is 128 Å². The molecule has 1 amide bonds. The van der Waals surface area contributed by atoms with Gasteiger partial charge in [-0.25, -0.2) is 4.79 Å². The molecule has 0 atom stereocenters. The Bertz CT molecular complexity index is 654. The number of rotatable bonds is 6. The van der Waals surface area contributed by atoms with E-state index in [0.29, 0.717) is 13.0 Å². The van der Waals surface area contributed by atoms with Crippen molar-refractivity contribution in [1.82, 2.24) is 10.5 Å². The van der Waals surface area contributed by atoms with Crippen LogP contribution in [0, 0.1) is 13.8 Å². The Balaban J connectivity index is 1.82. The molecule has 0 aliphatic rings. The average Bonchev–Trinajstić information content (AvgIpc) is 2.79. The van der Waals surface area contributed by atoms with Crippen molar-refractivity contribution < 1.29 is 19.2 Å². The normalized spacial score (nSPS) is 10.5. The molecule has 0 saturated heterocycles. The number of hydrogen-bond acceptors (Lipinski definition) is 4. The lowest BCUT2D eigenvalue weighted by Crippen LogP contribution is -2.27. The molecular weight excluding hydrogens is 284 g/mol. The Morgan fingerprint density at radius 1 is 1.23 bits per heavy atom. The number of aryl methyl sites for hydroxylation is 2. The zero-order valence-electron chi connectivity index (χ0n) is 12.5. The summed E-state index contributed by atoms with van der Waals surface area (Å²) in [7, 11) is 0. The third-order valence-electron chi connectivity index (χ3n) is 3.44. The number of carbonyl (C=O) groups excluding carboxylic acids is 1. The number of aromatic carboxylic acids is 1. The van der Waals surface area contributed by atoms with Gasteiger partial charge in [-0.2, -0.15) is 0 Å². The van der Waals surface area contributed by atoms with Gasteiger partial charge in [-0.3, -0.25) is 4.79 Å². The molecule has 1 aromatic carbocycles. The molecule has 1 aromatic heterocycles. The SMILES string of the molecule is Cc1noc(C)c1CCNC(=O)Cc1ccc(C(=O)O)cc1. The van der Waals surface area contributed by atoms with Crippen LogP contribution >= 0.6 is 0 Å². The topological polar surface area (TPSA) is 92.4 Å². The largest absolute Gasteiger partial charge is 0.478 e. The van der Waals surface area contributed by atoms with E-state index < -0.39 is 5.97 Å². The van der Waals surface area contributed by atoms with E-state index in [1.165, 1.54) is 12.1 Å². The van der Waals surface area contributed by atoms with Crippen LogP contribution in [0.5, 0.6) is 0 Å². The van der Waals surface area contributed by atoms with Crippen LogP contribution in [0.1, 0.15) is 32.9 Å². The number of hydrogen-bond donors (Lipinski definition) is 2. The first-order valence-electron chi connectivity index (χ1n) is 6.98. The molecule has 116 valence electrons. The summed E-state index contributed by atoms with van der Waals surface area (Å²) in [6.45, 7) is 4.23. The van der Waals surface area contributed by atoms with Gasteiger partial charge >= 0.3 is 5.97 Å². The van der Waals surface area contributed by atoms with Crippen LogP contribution in [0.15, 0.2) is 28.8 Å². The molecule has 0 aliphatic heterocycles. The van der Waals surface area contributed by atoms with Gasteiger partial charge < -0.3 is 14.9 Å². The summed E-state index contributed by atoms with van der Waals surface area (Å²) in [6, 6.07) is 6.29. The molecule has 0 spiro atoms. The summed E-state index contributed by atoms with van der Waals surface area (Å²) in [5.41, 5.74) is 2.85. The predicted molar refractivity (Wildman–Crippen MR) is 79.8 cm³/mol. The van der Waals surface area contributed by atoms with Crippen LogP contribution in [-0.4, -0.2) is 28.7 Å². The highest BCUT2D eigenvalue weighted by atomic mass is 16.5. The van der Waals surface area contributed by atoms with Crippen molar-refractivity contribution in [3.8, 4) is 0 Å². The minimum absolute atomic E-state index is 0.102. The molecule has 0 saturated carbocycles. The lowest BCUT2D eigenvalue weighted by atomic mass is 10.1. The van der Waals surface area contributed by atoms with Crippen molar-refractivity contribution in [3.63, 3.8) is 0 Å². The first-order valence-corrected chi connectivity index (χ1v) is 6.98. The van der Waals surface area contributed by atoms with Gasteiger partial charge in [0.1, 0.15) is 5.76 Å². The van der Waals surface area contributed by atoms with Gasteiger partial charge in [0.15, 0.2) is 0 Å². The predicted octanol–water partition coefficient (Wildman–Crippen LogP) is 1.89. The maximum absolute atomic E-state index is 11.9. The van der Waals surface area contributed by atoms with Crippen molar-refractivity contribution in [3.05, 3.63) is 52.4 Å². The molecule has 6 heteroatoms. The number of nitrogens with zero attached hydrogens (tertiary/aromatic N) is 1. The van der Waals surface area contributed by atoms with E-state index in [2.05, 4.69) is 10.5 Å². The van der Waals surface area contributed by atoms with Crippen LogP contribution in [0.2, 0.25) is 0 Å². The summed E-state index contributed by atoms with van der Waals surface area (Å²) in [5, 5.41) is 15.5. The third kappa shape index (κ3) is 3.94. The van der Waals surface area contributed by atoms with Crippen LogP contribution in [-0.2, 0) is 17.6 Å². The molecule has 2 rings (SSSR count). The monoisotopic (exact) mass is 302 g/mol. The molecule has 0 radical (unpaired) electrons. The van der Waals surface area contributed by atoms with E-state index in [9.17, 15) is 9.59 Å². The zero-order valence-corrected chi connectivity index (χ0v) is 12.5.